The molecule has 1 aliphatic rings. The van der Waals surface area contributed by atoms with Crippen molar-refractivity contribution in [1.82, 2.24) is 10.5 Å². The third-order valence-electron chi connectivity index (χ3n) is 2.54. The van der Waals surface area contributed by atoms with Gasteiger partial charge >= 0.3 is 0 Å². The summed E-state index contributed by atoms with van der Waals surface area (Å²) in [6.07, 6.45) is 2.25. The quantitative estimate of drug-likeness (QED) is 0.796. The minimum absolute atomic E-state index is 0.512. The highest BCUT2D eigenvalue weighted by Crippen LogP contribution is 2.27. The van der Waals surface area contributed by atoms with Gasteiger partial charge in [-0.05, 0) is 38.0 Å². The van der Waals surface area contributed by atoms with Crippen molar-refractivity contribution in [1.29, 1.82) is 0 Å². The SMILES string of the molecule is CCOc1cc(C2CCNCC2)on1. The minimum Gasteiger partial charge on any atom is -0.476 e. The van der Waals surface area contributed by atoms with E-state index in [2.05, 4.69) is 10.5 Å². The molecule has 2 rings (SSSR count). The maximum absolute atomic E-state index is 5.26. The van der Waals surface area contributed by atoms with Crippen LogP contribution in [0.1, 0.15) is 31.4 Å². The molecule has 14 heavy (non-hydrogen) atoms. The fourth-order valence-corrected chi connectivity index (χ4v) is 1.79. The van der Waals surface area contributed by atoms with Gasteiger partial charge in [-0.15, -0.1) is 0 Å². The molecule has 0 amide bonds. The monoisotopic (exact) mass is 196 g/mol. The van der Waals surface area contributed by atoms with Crippen molar-refractivity contribution in [3.63, 3.8) is 0 Å². The smallest absolute Gasteiger partial charge is 0.254 e. The summed E-state index contributed by atoms with van der Waals surface area (Å²) in [5.74, 6) is 2.09. The van der Waals surface area contributed by atoms with Gasteiger partial charge in [-0.1, -0.05) is 0 Å². The lowest BCUT2D eigenvalue weighted by Gasteiger charge is -2.19. The zero-order valence-corrected chi connectivity index (χ0v) is 8.45. The Morgan fingerprint density at radius 1 is 1.57 bits per heavy atom. The first kappa shape index (κ1) is 9.52. The van der Waals surface area contributed by atoms with Crippen molar-refractivity contribution < 1.29 is 9.26 Å². The molecule has 0 bridgehead atoms. The number of piperidine rings is 1. The molecule has 1 aromatic heterocycles. The topological polar surface area (TPSA) is 47.3 Å². The molecule has 1 N–H and O–H groups in total. The lowest BCUT2D eigenvalue weighted by Crippen LogP contribution is -2.26. The Labute approximate surface area is 83.6 Å². The summed E-state index contributed by atoms with van der Waals surface area (Å²) in [6.45, 7) is 4.71. The highest BCUT2D eigenvalue weighted by atomic mass is 16.5. The molecule has 1 aliphatic heterocycles. The second-order valence-corrected chi connectivity index (χ2v) is 3.52. The van der Waals surface area contributed by atoms with Gasteiger partial charge in [-0.2, -0.15) is 0 Å². The molecule has 1 aromatic rings. The van der Waals surface area contributed by atoms with Gasteiger partial charge in [-0.3, -0.25) is 0 Å². The van der Waals surface area contributed by atoms with Gasteiger partial charge in [0.2, 0.25) is 0 Å². The summed E-state index contributed by atoms with van der Waals surface area (Å²) in [4.78, 5) is 0. The van der Waals surface area contributed by atoms with E-state index < -0.39 is 0 Å². The van der Waals surface area contributed by atoms with Crippen LogP contribution in [0.25, 0.3) is 0 Å². The number of ether oxygens (including phenoxy) is 1. The van der Waals surface area contributed by atoms with E-state index >= 15 is 0 Å². The first-order valence-electron chi connectivity index (χ1n) is 5.20. The second-order valence-electron chi connectivity index (χ2n) is 3.52. The van der Waals surface area contributed by atoms with E-state index in [9.17, 15) is 0 Å². The van der Waals surface area contributed by atoms with Crippen LogP contribution in [-0.2, 0) is 0 Å². The molecule has 0 radical (unpaired) electrons. The molecule has 0 aliphatic carbocycles. The molecule has 1 saturated heterocycles. The Morgan fingerprint density at radius 2 is 2.36 bits per heavy atom. The van der Waals surface area contributed by atoms with Crippen molar-refractivity contribution in [2.24, 2.45) is 0 Å². The van der Waals surface area contributed by atoms with Crippen molar-refractivity contribution in [3.8, 4) is 5.88 Å². The summed E-state index contributed by atoms with van der Waals surface area (Å²) < 4.78 is 10.5. The number of aromatic nitrogens is 1. The fourth-order valence-electron chi connectivity index (χ4n) is 1.79. The van der Waals surface area contributed by atoms with Crippen molar-refractivity contribution in [2.45, 2.75) is 25.7 Å². The van der Waals surface area contributed by atoms with Gasteiger partial charge in [0.05, 0.1) is 6.61 Å². The maximum atomic E-state index is 5.26. The van der Waals surface area contributed by atoms with Crippen molar-refractivity contribution in [2.75, 3.05) is 19.7 Å². The molecule has 0 unspecified atom stereocenters. The highest BCUT2D eigenvalue weighted by molar-refractivity contribution is 5.15. The molecule has 4 nitrogen and oxygen atoms in total. The van der Waals surface area contributed by atoms with Crippen molar-refractivity contribution in [3.05, 3.63) is 11.8 Å². The van der Waals surface area contributed by atoms with Crippen LogP contribution in [0.5, 0.6) is 5.88 Å². The van der Waals surface area contributed by atoms with E-state index in [1.165, 1.54) is 0 Å². The lowest BCUT2D eigenvalue weighted by molar-refractivity contribution is 0.279. The van der Waals surface area contributed by atoms with Crippen LogP contribution in [0, 0.1) is 0 Å². The number of rotatable bonds is 3. The third-order valence-corrected chi connectivity index (χ3v) is 2.54. The maximum Gasteiger partial charge on any atom is 0.254 e. The number of nitrogens with one attached hydrogen (secondary N) is 1. The number of nitrogens with zero attached hydrogens (tertiary/aromatic N) is 1. The van der Waals surface area contributed by atoms with Crippen LogP contribution in [0.4, 0.5) is 0 Å². The second kappa shape index (κ2) is 4.46. The lowest BCUT2D eigenvalue weighted by atomic mass is 9.96. The molecule has 0 spiro atoms. The first-order chi connectivity index (χ1) is 6.90. The van der Waals surface area contributed by atoms with E-state index in [0.717, 1.165) is 31.7 Å². The molecule has 0 atom stereocenters. The molecule has 0 aromatic carbocycles. The molecule has 78 valence electrons. The number of hydrogen-bond donors (Lipinski definition) is 1. The highest BCUT2D eigenvalue weighted by Gasteiger charge is 2.19. The normalized spacial score (nSPS) is 18.4. The average Bonchev–Trinajstić information content (AvgIpc) is 2.68. The van der Waals surface area contributed by atoms with Gasteiger partial charge in [0.15, 0.2) is 0 Å². The van der Waals surface area contributed by atoms with E-state index in [-0.39, 0.29) is 0 Å². The summed E-state index contributed by atoms with van der Waals surface area (Å²) in [6, 6.07) is 1.92. The minimum atomic E-state index is 0.512. The molecule has 1 fully saturated rings. The van der Waals surface area contributed by atoms with Crippen molar-refractivity contribution >= 4 is 0 Å². The summed E-state index contributed by atoms with van der Waals surface area (Å²) in [5.41, 5.74) is 0. The zero-order chi connectivity index (χ0) is 9.80. The molecular formula is C10H16N2O2. The van der Waals surface area contributed by atoms with E-state index in [0.29, 0.717) is 18.4 Å². The third kappa shape index (κ3) is 2.07. The van der Waals surface area contributed by atoms with Crippen LogP contribution in [0.2, 0.25) is 0 Å². The van der Waals surface area contributed by atoms with Gasteiger partial charge in [0.25, 0.3) is 5.88 Å². The van der Waals surface area contributed by atoms with Crippen LogP contribution < -0.4 is 10.1 Å². The molecular weight excluding hydrogens is 180 g/mol. The summed E-state index contributed by atoms with van der Waals surface area (Å²) in [5, 5.41) is 7.19. The van der Waals surface area contributed by atoms with E-state index in [1.54, 1.807) is 0 Å². The summed E-state index contributed by atoms with van der Waals surface area (Å²) in [7, 11) is 0. The van der Waals surface area contributed by atoms with Gasteiger partial charge in [0.1, 0.15) is 5.76 Å². The molecule has 0 saturated carbocycles. The van der Waals surface area contributed by atoms with E-state index in [4.69, 9.17) is 9.26 Å². The van der Waals surface area contributed by atoms with Gasteiger partial charge < -0.3 is 14.6 Å². The first-order valence-corrected chi connectivity index (χ1v) is 5.20. The molecule has 2 heterocycles. The predicted octanol–water partition coefficient (Wildman–Crippen LogP) is 1.54. The Morgan fingerprint density at radius 3 is 3.07 bits per heavy atom. The van der Waals surface area contributed by atoms with Crippen LogP contribution in [0.15, 0.2) is 10.6 Å². The standard InChI is InChI=1S/C10H16N2O2/c1-2-13-10-7-9(14-12-10)8-3-5-11-6-4-8/h7-8,11H,2-6H2,1H3. The fraction of sp³-hybridized carbons (Fsp3) is 0.700. The van der Waals surface area contributed by atoms with Crippen LogP contribution in [0.3, 0.4) is 0 Å². The van der Waals surface area contributed by atoms with Gasteiger partial charge in [0, 0.05) is 12.0 Å². The largest absolute Gasteiger partial charge is 0.476 e. The van der Waals surface area contributed by atoms with Crippen LogP contribution >= 0.6 is 0 Å². The Bertz CT molecular complexity index is 279. The predicted molar refractivity (Wildman–Crippen MR) is 52.5 cm³/mol. The Balaban J connectivity index is 2.00. The Kier molecular flexibility index (Phi) is 3.03. The average molecular weight is 196 g/mol. The number of hydrogen-bond acceptors (Lipinski definition) is 4. The molecule has 4 heteroatoms. The van der Waals surface area contributed by atoms with E-state index in [1.807, 2.05) is 13.0 Å². The Hall–Kier alpha value is -1.03. The summed E-state index contributed by atoms with van der Waals surface area (Å²) >= 11 is 0. The van der Waals surface area contributed by atoms with Crippen LogP contribution in [-0.4, -0.2) is 24.9 Å². The zero-order valence-electron chi connectivity index (χ0n) is 8.45. The van der Waals surface area contributed by atoms with Gasteiger partial charge in [-0.25, -0.2) is 0 Å².